The summed E-state index contributed by atoms with van der Waals surface area (Å²) in [6, 6.07) is 7.90. The SMILES string of the molecule is COc1cccc2cccc(C(N3CCC(=O)N3)C(F)(F)F)c12. The summed E-state index contributed by atoms with van der Waals surface area (Å²) >= 11 is 0. The van der Waals surface area contributed by atoms with Crippen LogP contribution in [-0.4, -0.2) is 30.7 Å². The van der Waals surface area contributed by atoms with E-state index >= 15 is 0 Å². The molecular formula is C16H15F3N2O2. The van der Waals surface area contributed by atoms with Crippen LogP contribution in [0.25, 0.3) is 10.8 Å². The van der Waals surface area contributed by atoms with Crippen LogP contribution >= 0.6 is 0 Å². The Balaban J connectivity index is 2.20. The highest BCUT2D eigenvalue weighted by Gasteiger charge is 2.47. The Morgan fingerprint density at radius 2 is 1.91 bits per heavy atom. The summed E-state index contributed by atoms with van der Waals surface area (Å²) in [4.78, 5) is 11.4. The lowest BCUT2D eigenvalue weighted by molar-refractivity contribution is -0.190. The van der Waals surface area contributed by atoms with E-state index in [0.717, 1.165) is 5.01 Å². The first kappa shape index (κ1) is 15.6. The number of fused-ring (bicyclic) bond motifs is 1. The van der Waals surface area contributed by atoms with Crippen molar-refractivity contribution in [3.63, 3.8) is 0 Å². The number of methoxy groups -OCH3 is 1. The maximum Gasteiger partial charge on any atom is 0.409 e. The predicted octanol–water partition coefficient (Wildman–Crippen LogP) is 3.19. The summed E-state index contributed by atoms with van der Waals surface area (Å²) in [6.45, 7) is 0.00848. The molecule has 0 aromatic heterocycles. The molecule has 2 aromatic rings. The van der Waals surface area contributed by atoms with E-state index < -0.39 is 18.1 Å². The van der Waals surface area contributed by atoms with Gasteiger partial charge in [0.05, 0.1) is 7.11 Å². The molecule has 4 nitrogen and oxygen atoms in total. The molecule has 7 heteroatoms. The van der Waals surface area contributed by atoms with Gasteiger partial charge in [-0.3, -0.25) is 10.2 Å². The molecule has 1 fully saturated rings. The third-order valence-electron chi connectivity index (χ3n) is 3.88. The van der Waals surface area contributed by atoms with Crippen molar-refractivity contribution in [2.45, 2.75) is 18.6 Å². The zero-order chi connectivity index (χ0) is 16.6. The van der Waals surface area contributed by atoms with Crippen LogP contribution < -0.4 is 10.2 Å². The van der Waals surface area contributed by atoms with Crippen LogP contribution in [0.3, 0.4) is 0 Å². The van der Waals surface area contributed by atoms with Gasteiger partial charge in [0.1, 0.15) is 5.75 Å². The Bertz CT molecular complexity index is 740. The molecule has 0 spiro atoms. The molecule has 2 aromatic carbocycles. The van der Waals surface area contributed by atoms with Gasteiger partial charge in [-0.1, -0.05) is 30.3 Å². The van der Waals surface area contributed by atoms with Crippen LogP contribution in [0.1, 0.15) is 18.0 Å². The van der Waals surface area contributed by atoms with E-state index in [1.54, 1.807) is 30.3 Å². The van der Waals surface area contributed by atoms with Crippen LogP contribution in [0.2, 0.25) is 0 Å². The Morgan fingerprint density at radius 3 is 2.48 bits per heavy atom. The number of hydrazine groups is 1. The van der Waals surface area contributed by atoms with E-state index in [1.165, 1.54) is 13.2 Å². The molecule has 1 N–H and O–H groups in total. The van der Waals surface area contributed by atoms with Gasteiger partial charge >= 0.3 is 6.18 Å². The first-order chi connectivity index (χ1) is 10.9. The fourth-order valence-electron chi connectivity index (χ4n) is 2.94. The molecule has 1 aliphatic rings. The van der Waals surface area contributed by atoms with E-state index in [1.807, 2.05) is 0 Å². The molecule has 0 saturated carbocycles. The minimum absolute atomic E-state index is 0.00848. The van der Waals surface area contributed by atoms with Crippen molar-refractivity contribution in [3.8, 4) is 5.75 Å². The molecule has 1 aliphatic heterocycles. The van der Waals surface area contributed by atoms with Crippen molar-refractivity contribution in [2.24, 2.45) is 0 Å². The monoisotopic (exact) mass is 324 g/mol. The summed E-state index contributed by atoms with van der Waals surface area (Å²) in [7, 11) is 1.42. The van der Waals surface area contributed by atoms with Crippen molar-refractivity contribution in [1.29, 1.82) is 0 Å². The smallest absolute Gasteiger partial charge is 0.409 e. The normalized spacial score (nSPS) is 17.3. The summed E-state index contributed by atoms with van der Waals surface area (Å²) in [6.07, 6.45) is -4.48. The fourth-order valence-corrected chi connectivity index (χ4v) is 2.94. The molecular weight excluding hydrogens is 309 g/mol. The fraction of sp³-hybridized carbons (Fsp3) is 0.312. The Morgan fingerprint density at radius 1 is 1.22 bits per heavy atom. The predicted molar refractivity (Wildman–Crippen MR) is 78.8 cm³/mol. The van der Waals surface area contributed by atoms with Gasteiger partial charge in [0.2, 0.25) is 5.91 Å². The van der Waals surface area contributed by atoms with Gasteiger partial charge in [0.15, 0.2) is 6.04 Å². The van der Waals surface area contributed by atoms with Crippen molar-refractivity contribution >= 4 is 16.7 Å². The largest absolute Gasteiger partial charge is 0.496 e. The third kappa shape index (κ3) is 2.84. The number of amides is 1. The average molecular weight is 324 g/mol. The molecule has 122 valence electrons. The van der Waals surface area contributed by atoms with Gasteiger partial charge in [0, 0.05) is 18.4 Å². The number of hydrogen-bond donors (Lipinski definition) is 1. The van der Waals surface area contributed by atoms with E-state index in [-0.39, 0.29) is 18.5 Å². The maximum absolute atomic E-state index is 13.7. The molecule has 1 amide bonds. The summed E-state index contributed by atoms with van der Waals surface area (Å²) in [5, 5.41) is 2.01. The number of rotatable bonds is 3. The highest BCUT2D eigenvalue weighted by molar-refractivity contribution is 5.92. The Labute approximate surface area is 130 Å². The number of nitrogens with zero attached hydrogens (tertiary/aromatic N) is 1. The van der Waals surface area contributed by atoms with Gasteiger partial charge in [-0.25, -0.2) is 5.01 Å². The highest BCUT2D eigenvalue weighted by atomic mass is 19.4. The molecule has 23 heavy (non-hydrogen) atoms. The second kappa shape index (κ2) is 5.73. The van der Waals surface area contributed by atoms with Gasteiger partial charge in [-0.05, 0) is 17.0 Å². The highest BCUT2D eigenvalue weighted by Crippen LogP contribution is 2.42. The van der Waals surface area contributed by atoms with Gasteiger partial charge in [-0.15, -0.1) is 0 Å². The molecule has 1 unspecified atom stereocenters. The molecule has 0 aliphatic carbocycles. The molecule has 0 radical (unpaired) electrons. The number of alkyl halides is 3. The average Bonchev–Trinajstić information content (AvgIpc) is 2.91. The molecule has 1 saturated heterocycles. The van der Waals surface area contributed by atoms with Crippen LogP contribution in [0.15, 0.2) is 36.4 Å². The summed E-state index contributed by atoms with van der Waals surface area (Å²) in [5.41, 5.74) is 2.36. The lowest BCUT2D eigenvalue weighted by Crippen LogP contribution is -2.43. The number of carbonyl (C=O) groups is 1. The van der Waals surface area contributed by atoms with E-state index in [4.69, 9.17) is 4.74 Å². The van der Waals surface area contributed by atoms with Crippen molar-refractivity contribution in [3.05, 3.63) is 42.0 Å². The number of carbonyl (C=O) groups excluding carboxylic acids is 1. The molecule has 3 rings (SSSR count). The van der Waals surface area contributed by atoms with Crippen LogP contribution in [-0.2, 0) is 4.79 Å². The lowest BCUT2D eigenvalue weighted by atomic mass is 9.97. The van der Waals surface area contributed by atoms with Crippen LogP contribution in [0, 0.1) is 0 Å². The van der Waals surface area contributed by atoms with Gasteiger partial charge in [-0.2, -0.15) is 13.2 Å². The molecule has 1 atom stereocenters. The first-order valence-electron chi connectivity index (χ1n) is 7.10. The first-order valence-corrected chi connectivity index (χ1v) is 7.10. The van der Waals surface area contributed by atoms with E-state index in [0.29, 0.717) is 16.5 Å². The van der Waals surface area contributed by atoms with E-state index in [2.05, 4.69) is 5.43 Å². The number of halogens is 3. The van der Waals surface area contributed by atoms with Gasteiger partial charge < -0.3 is 4.74 Å². The lowest BCUT2D eigenvalue weighted by Gasteiger charge is -2.30. The standard InChI is InChI=1S/C16H15F3N2O2/c1-23-12-7-3-5-10-4-2-6-11(14(10)12)15(16(17,18)19)21-9-8-13(22)20-21/h2-7,15H,8-9H2,1H3,(H,20,22). The van der Waals surface area contributed by atoms with Crippen molar-refractivity contribution in [1.82, 2.24) is 10.4 Å². The zero-order valence-corrected chi connectivity index (χ0v) is 12.4. The Hall–Kier alpha value is -2.28. The summed E-state index contributed by atoms with van der Waals surface area (Å²) < 4.78 is 46.4. The van der Waals surface area contributed by atoms with Crippen molar-refractivity contribution < 1.29 is 22.7 Å². The quantitative estimate of drug-likeness (QED) is 0.943. The molecule has 1 heterocycles. The number of benzene rings is 2. The van der Waals surface area contributed by atoms with E-state index in [9.17, 15) is 18.0 Å². The maximum atomic E-state index is 13.7. The van der Waals surface area contributed by atoms with Crippen molar-refractivity contribution in [2.75, 3.05) is 13.7 Å². The summed E-state index contributed by atoms with van der Waals surface area (Å²) in [5.74, 6) is -0.0377. The topological polar surface area (TPSA) is 41.6 Å². The number of hydrogen-bond acceptors (Lipinski definition) is 3. The molecule has 0 bridgehead atoms. The van der Waals surface area contributed by atoms with Crippen LogP contribution in [0.4, 0.5) is 13.2 Å². The number of ether oxygens (including phenoxy) is 1. The van der Waals surface area contributed by atoms with Crippen LogP contribution in [0.5, 0.6) is 5.75 Å². The zero-order valence-electron chi connectivity index (χ0n) is 12.4. The third-order valence-corrected chi connectivity index (χ3v) is 3.88. The minimum Gasteiger partial charge on any atom is -0.496 e. The second-order valence-corrected chi connectivity index (χ2v) is 5.33. The second-order valence-electron chi connectivity index (χ2n) is 5.33. The van der Waals surface area contributed by atoms with Gasteiger partial charge in [0.25, 0.3) is 0 Å². The number of nitrogens with one attached hydrogen (secondary N) is 1. The Kier molecular flexibility index (Phi) is 3.89. The minimum atomic E-state index is -4.53.